The van der Waals surface area contributed by atoms with Crippen molar-refractivity contribution in [3.05, 3.63) is 52.0 Å². The molecule has 3 heteroatoms. The molecule has 0 fully saturated rings. The van der Waals surface area contributed by atoms with Crippen LogP contribution in [0.4, 0.5) is 0 Å². The Labute approximate surface area is 105 Å². The van der Waals surface area contributed by atoms with E-state index in [4.69, 9.17) is 0 Å². The molecule has 2 nitrogen and oxygen atoms in total. The van der Waals surface area contributed by atoms with Crippen molar-refractivity contribution in [2.24, 2.45) is 0 Å². The SMILES string of the molecule is Cc1ccccc1CCC(=O)Cc1nccs1. The van der Waals surface area contributed by atoms with Crippen molar-refractivity contribution in [1.82, 2.24) is 4.98 Å². The van der Waals surface area contributed by atoms with Gasteiger partial charge in [0, 0.05) is 18.0 Å². The fourth-order valence-electron chi connectivity index (χ4n) is 1.76. The van der Waals surface area contributed by atoms with Crippen LogP contribution in [-0.2, 0) is 17.6 Å². The quantitative estimate of drug-likeness (QED) is 0.809. The van der Waals surface area contributed by atoms with Crippen LogP contribution in [0.2, 0.25) is 0 Å². The van der Waals surface area contributed by atoms with Crippen molar-refractivity contribution in [1.29, 1.82) is 0 Å². The molecule has 2 aromatic rings. The summed E-state index contributed by atoms with van der Waals surface area (Å²) in [5.41, 5.74) is 2.52. The maximum atomic E-state index is 11.8. The number of carbonyl (C=O) groups is 1. The summed E-state index contributed by atoms with van der Waals surface area (Å²) in [5, 5.41) is 2.82. The van der Waals surface area contributed by atoms with E-state index in [-0.39, 0.29) is 5.78 Å². The molecule has 88 valence electrons. The topological polar surface area (TPSA) is 30.0 Å². The molecule has 17 heavy (non-hydrogen) atoms. The van der Waals surface area contributed by atoms with E-state index in [1.54, 1.807) is 17.5 Å². The van der Waals surface area contributed by atoms with Gasteiger partial charge in [0.05, 0.1) is 11.4 Å². The zero-order valence-electron chi connectivity index (χ0n) is 9.85. The molecule has 1 aromatic heterocycles. The van der Waals surface area contributed by atoms with Gasteiger partial charge >= 0.3 is 0 Å². The molecule has 1 heterocycles. The Bertz CT molecular complexity index is 491. The van der Waals surface area contributed by atoms with Gasteiger partial charge in [0.1, 0.15) is 5.78 Å². The van der Waals surface area contributed by atoms with Crippen molar-refractivity contribution < 1.29 is 4.79 Å². The molecule has 0 saturated carbocycles. The number of Topliss-reactive ketones (excluding diaryl/α,β-unsaturated/α-hetero) is 1. The first-order chi connectivity index (χ1) is 8.25. The molecule has 0 aliphatic heterocycles. The Morgan fingerprint density at radius 1 is 1.35 bits per heavy atom. The average molecular weight is 245 g/mol. The summed E-state index contributed by atoms with van der Waals surface area (Å²) >= 11 is 1.54. The highest BCUT2D eigenvalue weighted by molar-refractivity contribution is 7.09. The van der Waals surface area contributed by atoms with Crippen LogP contribution in [0.15, 0.2) is 35.8 Å². The largest absolute Gasteiger partial charge is 0.299 e. The highest BCUT2D eigenvalue weighted by Gasteiger charge is 2.07. The molecular formula is C14H15NOS. The van der Waals surface area contributed by atoms with E-state index >= 15 is 0 Å². The lowest BCUT2D eigenvalue weighted by Gasteiger charge is -2.04. The average Bonchev–Trinajstić information content (AvgIpc) is 2.81. The standard InChI is InChI=1S/C14H15NOS/c1-11-4-2-3-5-12(11)6-7-13(16)10-14-15-8-9-17-14/h2-5,8-9H,6-7,10H2,1H3. The first-order valence-corrected chi connectivity index (χ1v) is 6.58. The van der Waals surface area contributed by atoms with Gasteiger partial charge in [0.2, 0.25) is 0 Å². The van der Waals surface area contributed by atoms with Gasteiger partial charge in [-0.05, 0) is 24.5 Å². The van der Waals surface area contributed by atoms with E-state index in [1.807, 2.05) is 17.5 Å². The predicted octanol–water partition coefficient (Wildman–Crippen LogP) is 3.20. The molecule has 0 atom stereocenters. The lowest BCUT2D eigenvalue weighted by Crippen LogP contribution is -2.04. The Morgan fingerprint density at radius 3 is 2.88 bits per heavy atom. The summed E-state index contributed by atoms with van der Waals surface area (Å²) in [4.78, 5) is 15.9. The fraction of sp³-hybridized carbons (Fsp3) is 0.286. The molecular weight excluding hydrogens is 230 g/mol. The number of benzene rings is 1. The summed E-state index contributed by atoms with van der Waals surface area (Å²) in [6.07, 6.45) is 3.65. The van der Waals surface area contributed by atoms with Crippen LogP contribution in [0.1, 0.15) is 22.6 Å². The van der Waals surface area contributed by atoms with Gasteiger partial charge < -0.3 is 0 Å². The molecule has 0 saturated heterocycles. The monoisotopic (exact) mass is 245 g/mol. The second-order valence-electron chi connectivity index (χ2n) is 4.07. The van der Waals surface area contributed by atoms with Gasteiger partial charge in [-0.2, -0.15) is 0 Å². The van der Waals surface area contributed by atoms with Crippen LogP contribution in [-0.4, -0.2) is 10.8 Å². The minimum absolute atomic E-state index is 0.267. The van der Waals surface area contributed by atoms with Gasteiger partial charge in [-0.3, -0.25) is 4.79 Å². The zero-order valence-corrected chi connectivity index (χ0v) is 10.7. The number of nitrogens with zero attached hydrogens (tertiary/aromatic N) is 1. The Morgan fingerprint density at radius 2 is 2.18 bits per heavy atom. The molecule has 0 N–H and O–H groups in total. The van der Waals surface area contributed by atoms with Crippen molar-refractivity contribution in [2.45, 2.75) is 26.2 Å². The minimum atomic E-state index is 0.267. The molecule has 0 radical (unpaired) electrons. The lowest BCUT2D eigenvalue weighted by atomic mass is 10.0. The van der Waals surface area contributed by atoms with Crippen LogP contribution >= 0.6 is 11.3 Å². The summed E-state index contributed by atoms with van der Waals surface area (Å²) in [6, 6.07) is 8.22. The van der Waals surface area contributed by atoms with E-state index in [1.165, 1.54) is 11.1 Å². The Balaban J connectivity index is 1.86. The summed E-state index contributed by atoms with van der Waals surface area (Å²) in [5.74, 6) is 0.267. The predicted molar refractivity (Wildman–Crippen MR) is 70.3 cm³/mol. The van der Waals surface area contributed by atoms with Gasteiger partial charge in [0.25, 0.3) is 0 Å². The second-order valence-corrected chi connectivity index (χ2v) is 5.05. The first-order valence-electron chi connectivity index (χ1n) is 5.70. The fourth-order valence-corrected chi connectivity index (χ4v) is 2.41. The molecule has 0 unspecified atom stereocenters. The Hall–Kier alpha value is -1.48. The second kappa shape index (κ2) is 5.73. The van der Waals surface area contributed by atoms with Crippen LogP contribution in [0.5, 0.6) is 0 Å². The van der Waals surface area contributed by atoms with E-state index in [2.05, 4.69) is 24.0 Å². The summed E-state index contributed by atoms with van der Waals surface area (Å²) in [6.45, 7) is 2.08. The van der Waals surface area contributed by atoms with Crippen molar-refractivity contribution in [3.8, 4) is 0 Å². The number of aryl methyl sites for hydroxylation is 2. The van der Waals surface area contributed by atoms with E-state index in [9.17, 15) is 4.79 Å². The normalized spacial score (nSPS) is 10.4. The minimum Gasteiger partial charge on any atom is -0.299 e. The Kier molecular flexibility index (Phi) is 4.04. The van der Waals surface area contributed by atoms with Crippen LogP contribution in [0, 0.1) is 6.92 Å². The number of thiazole rings is 1. The number of hydrogen-bond acceptors (Lipinski definition) is 3. The van der Waals surface area contributed by atoms with E-state index < -0.39 is 0 Å². The van der Waals surface area contributed by atoms with Gasteiger partial charge in [0.15, 0.2) is 0 Å². The van der Waals surface area contributed by atoms with Gasteiger partial charge in [-0.1, -0.05) is 24.3 Å². The number of ketones is 1. The smallest absolute Gasteiger partial charge is 0.140 e. The van der Waals surface area contributed by atoms with Crippen molar-refractivity contribution >= 4 is 17.1 Å². The van der Waals surface area contributed by atoms with Gasteiger partial charge in [-0.25, -0.2) is 4.98 Å². The number of hydrogen-bond donors (Lipinski definition) is 0. The third-order valence-corrected chi connectivity index (χ3v) is 3.55. The molecule has 0 spiro atoms. The molecule has 2 rings (SSSR count). The third kappa shape index (κ3) is 3.49. The zero-order chi connectivity index (χ0) is 12.1. The molecule has 0 aliphatic rings. The van der Waals surface area contributed by atoms with Crippen LogP contribution < -0.4 is 0 Å². The van der Waals surface area contributed by atoms with Crippen LogP contribution in [0.3, 0.4) is 0 Å². The molecule has 0 bridgehead atoms. The third-order valence-electron chi connectivity index (χ3n) is 2.77. The number of aromatic nitrogens is 1. The molecule has 0 amide bonds. The number of rotatable bonds is 5. The maximum absolute atomic E-state index is 11.8. The highest BCUT2D eigenvalue weighted by Crippen LogP contribution is 2.11. The van der Waals surface area contributed by atoms with E-state index in [0.717, 1.165) is 11.4 Å². The highest BCUT2D eigenvalue weighted by atomic mass is 32.1. The van der Waals surface area contributed by atoms with Crippen molar-refractivity contribution in [3.63, 3.8) is 0 Å². The number of carbonyl (C=O) groups excluding carboxylic acids is 1. The molecule has 0 aliphatic carbocycles. The van der Waals surface area contributed by atoms with Crippen LogP contribution in [0.25, 0.3) is 0 Å². The first kappa shape index (κ1) is 12.0. The lowest BCUT2D eigenvalue weighted by molar-refractivity contribution is -0.118. The summed E-state index contributed by atoms with van der Waals surface area (Å²) < 4.78 is 0. The van der Waals surface area contributed by atoms with Gasteiger partial charge in [-0.15, -0.1) is 11.3 Å². The maximum Gasteiger partial charge on any atom is 0.140 e. The summed E-state index contributed by atoms with van der Waals surface area (Å²) in [7, 11) is 0. The van der Waals surface area contributed by atoms with Crippen molar-refractivity contribution in [2.75, 3.05) is 0 Å². The van der Waals surface area contributed by atoms with E-state index in [0.29, 0.717) is 12.8 Å². The molecule has 1 aromatic carbocycles.